The Balaban J connectivity index is 1.84. The molecule has 0 saturated heterocycles. The van der Waals surface area contributed by atoms with Gasteiger partial charge in [-0.3, -0.25) is 4.18 Å². The monoisotopic (exact) mass is 323 g/mol. The van der Waals surface area contributed by atoms with Crippen LogP contribution in [-0.4, -0.2) is 39.5 Å². The minimum atomic E-state index is -4.24. The summed E-state index contributed by atoms with van der Waals surface area (Å²) >= 11 is 0. The molecule has 4 rings (SSSR count). The molecule has 4 aliphatic carbocycles. The SMILES string of the molecule is CN(S(C)(=O)=O)S(=O)(=O)OC12CC3CC(CC(C3)C1)C2. The van der Waals surface area contributed by atoms with Crippen molar-refractivity contribution in [3.05, 3.63) is 0 Å². The van der Waals surface area contributed by atoms with Crippen molar-refractivity contribution in [2.45, 2.75) is 44.1 Å². The van der Waals surface area contributed by atoms with Crippen molar-refractivity contribution in [1.82, 2.24) is 3.71 Å². The van der Waals surface area contributed by atoms with Crippen molar-refractivity contribution in [1.29, 1.82) is 0 Å². The highest BCUT2D eigenvalue weighted by Gasteiger charge is 2.54. The van der Waals surface area contributed by atoms with Gasteiger partial charge in [-0.1, -0.05) is 3.71 Å². The normalized spacial score (nSPS) is 40.5. The highest BCUT2D eigenvalue weighted by Crippen LogP contribution is 2.57. The van der Waals surface area contributed by atoms with E-state index >= 15 is 0 Å². The third-order valence-corrected chi connectivity index (χ3v) is 8.53. The Morgan fingerprint density at radius 1 is 0.950 bits per heavy atom. The zero-order chi connectivity index (χ0) is 14.8. The van der Waals surface area contributed by atoms with Crippen LogP contribution in [0.25, 0.3) is 0 Å². The average Bonchev–Trinajstić information content (AvgIpc) is 2.22. The first-order valence-electron chi connectivity index (χ1n) is 6.99. The molecular formula is C12H21NO5S2. The van der Waals surface area contributed by atoms with Gasteiger partial charge in [0, 0.05) is 7.05 Å². The van der Waals surface area contributed by atoms with Gasteiger partial charge in [0.1, 0.15) is 0 Å². The van der Waals surface area contributed by atoms with Gasteiger partial charge < -0.3 is 0 Å². The number of hydrogen-bond acceptors (Lipinski definition) is 5. The molecule has 20 heavy (non-hydrogen) atoms. The Hall–Kier alpha value is -0.180. The average molecular weight is 323 g/mol. The third kappa shape index (κ3) is 2.51. The van der Waals surface area contributed by atoms with Gasteiger partial charge in [-0.15, -0.1) is 0 Å². The molecule has 4 saturated carbocycles. The van der Waals surface area contributed by atoms with Crippen LogP contribution in [0.3, 0.4) is 0 Å². The minimum absolute atomic E-state index is 0.346. The zero-order valence-electron chi connectivity index (χ0n) is 11.8. The van der Waals surface area contributed by atoms with Crippen LogP contribution in [0.15, 0.2) is 0 Å². The molecule has 0 aromatic carbocycles. The summed E-state index contributed by atoms with van der Waals surface area (Å²) in [4.78, 5) is 0. The Bertz CT molecular complexity index is 574. The molecule has 8 heteroatoms. The second-order valence-electron chi connectivity index (χ2n) is 6.78. The lowest BCUT2D eigenvalue weighted by atomic mass is 9.54. The fourth-order valence-electron chi connectivity index (χ4n) is 4.57. The zero-order valence-corrected chi connectivity index (χ0v) is 13.4. The maximum atomic E-state index is 12.2. The molecule has 0 amide bonds. The standard InChI is InChI=1S/C12H21NO5S2/c1-13(19(2,14)15)20(16,17)18-12-6-9-3-10(7-12)5-11(4-9)8-12/h9-11H,3-8H2,1-2H3. The summed E-state index contributed by atoms with van der Waals surface area (Å²) in [6.45, 7) is 0. The molecule has 0 aromatic heterocycles. The van der Waals surface area contributed by atoms with Crippen LogP contribution in [0.4, 0.5) is 0 Å². The van der Waals surface area contributed by atoms with E-state index in [1.807, 2.05) is 0 Å². The van der Waals surface area contributed by atoms with Gasteiger partial charge in [-0.25, -0.2) is 8.42 Å². The van der Waals surface area contributed by atoms with Crippen LogP contribution in [0.5, 0.6) is 0 Å². The Morgan fingerprint density at radius 2 is 1.35 bits per heavy atom. The molecule has 6 nitrogen and oxygen atoms in total. The lowest BCUT2D eigenvalue weighted by Crippen LogP contribution is -2.54. The highest BCUT2D eigenvalue weighted by atomic mass is 32.3. The van der Waals surface area contributed by atoms with E-state index in [0.29, 0.717) is 21.5 Å². The van der Waals surface area contributed by atoms with Crippen molar-refractivity contribution in [2.24, 2.45) is 17.8 Å². The predicted octanol–water partition coefficient (Wildman–Crippen LogP) is 1.11. The second-order valence-corrected chi connectivity index (χ2v) is 10.6. The van der Waals surface area contributed by atoms with Crippen molar-refractivity contribution < 1.29 is 21.0 Å². The van der Waals surface area contributed by atoms with E-state index < -0.39 is 25.9 Å². The first kappa shape index (κ1) is 14.7. The Kier molecular flexibility index (Phi) is 3.25. The van der Waals surface area contributed by atoms with Gasteiger partial charge in [-0.2, -0.15) is 8.42 Å². The molecule has 0 unspecified atom stereocenters. The third-order valence-electron chi connectivity index (χ3n) is 5.05. The van der Waals surface area contributed by atoms with Crippen molar-refractivity contribution in [3.63, 3.8) is 0 Å². The summed E-state index contributed by atoms with van der Waals surface area (Å²) in [7, 11) is -7.03. The smallest absolute Gasteiger partial charge is 0.250 e. The van der Waals surface area contributed by atoms with E-state index in [2.05, 4.69) is 0 Å². The molecule has 4 fully saturated rings. The van der Waals surface area contributed by atoms with Gasteiger partial charge in [0.15, 0.2) is 0 Å². The van der Waals surface area contributed by atoms with Crippen LogP contribution in [-0.2, 0) is 24.5 Å². The molecule has 0 aromatic rings. The first-order chi connectivity index (χ1) is 9.10. The number of sulfonamides is 1. The topological polar surface area (TPSA) is 80.8 Å². The van der Waals surface area contributed by atoms with E-state index in [-0.39, 0.29) is 0 Å². The van der Waals surface area contributed by atoms with Crippen LogP contribution < -0.4 is 0 Å². The molecule has 0 atom stereocenters. The molecule has 4 bridgehead atoms. The van der Waals surface area contributed by atoms with E-state index in [4.69, 9.17) is 4.18 Å². The van der Waals surface area contributed by atoms with Crippen LogP contribution >= 0.6 is 0 Å². The number of hydrogen-bond donors (Lipinski definition) is 0. The maximum absolute atomic E-state index is 12.2. The molecule has 0 N–H and O–H groups in total. The molecule has 0 heterocycles. The van der Waals surface area contributed by atoms with Crippen molar-refractivity contribution in [2.75, 3.05) is 13.3 Å². The minimum Gasteiger partial charge on any atom is -0.250 e. The van der Waals surface area contributed by atoms with E-state index in [0.717, 1.165) is 32.6 Å². The van der Waals surface area contributed by atoms with E-state index in [1.54, 1.807) is 0 Å². The largest absolute Gasteiger partial charge is 0.351 e. The van der Waals surface area contributed by atoms with E-state index in [9.17, 15) is 16.8 Å². The molecular weight excluding hydrogens is 302 g/mol. The lowest BCUT2D eigenvalue weighted by Gasteiger charge is -2.55. The maximum Gasteiger partial charge on any atom is 0.351 e. The summed E-state index contributed by atoms with van der Waals surface area (Å²) in [5, 5.41) is 0. The molecule has 116 valence electrons. The van der Waals surface area contributed by atoms with E-state index in [1.165, 1.54) is 19.3 Å². The van der Waals surface area contributed by atoms with Crippen molar-refractivity contribution >= 4 is 20.3 Å². The van der Waals surface area contributed by atoms with Gasteiger partial charge in [-0.05, 0) is 56.3 Å². The fourth-order valence-corrected chi connectivity index (χ4v) is 6.75. The summed E-state index contributed by atoms with van der Waals surface area (Å²) in [5.41, 5.74) is -0.660. The lowest BCUT2D eigenvalue weighted by molar-refractivity contribution is -0.106. The number of nitrogens with zero attached hydrogens (tertiary/aromatic N) is 1. The van der Waals surface area contributed by atoms with Gasteiger partial charge in [0.05, 0.1) is 11.9 Å². The Labute approximate surface area is 120 Å². The van der Waals surface area contributed by atoms with Gasteiger partial charge in [0.2, 0.25) is 10.0 Å². The van der Waals surface area contributed by atoms with Gasteiger partial charge in [0.25, 0.3) is 0 Å². The molecule has 0 spiro atoms. The van der Waals surface area contributed by atoms with Crippen LogP contribution in [0, 0.1) is 17.8 Å². The Morgan fingerprint density at radius 3 is 1.70 bits per heavy atom. The van der Waals surface area contributed by atoms with Crippen LogP contribution in [0.1, 0.15) is 38.5 Å². The second kappa shape index (κ2) is 4.41. The van der Waals surface area contributed by atoms with Crippen LogP contribution in [0.2, 0.25) is 0 Å². The summed E-state index contributed by atoms with van der Waals surface area (Å²) in [6.07, 6.45) is 6.62. The van der Waals surface area contributed by atoms with Crippen molar-refractivity contribution in [3.8, 4) is 0 Å². The number of rotatable bonds is 4. The summed E-state index contributed by atoms with van der Waals surface area (Å²) in [5.74, 6) is 1.62. The molecule has 0 radical (unpaired) electrons. The quantitative estimate of drug-likeness (QED) is 0.774. The first-order valence-corrected chi connectivity index (χ1v) is 10.2. The molecule has 4 aliphatic rings. The summed E-state index contributed by atoms with van der Waals surface area (Å²) < 4.78 is 53.0. The highest BCUT2D eigenvalue weighted by molar-refractivity contribution is 8.01. The fraction of sp³-hybridized carbons (Fsp3) is 1.00. The van der Waals surface area contributed by atoms with Gasteiger partial charge >= 0.3 is 10.3 Å². The summed E-state index contributed by atoms with van der Waals surface area (Å²) in [6, 6.07) is 0. The molecule has 0 aliphatic heterocycles. The predicted molar refractivity (Wildman–Crippen MR) is 73.5 cm³/mol.